The number of hydrogen-bond donors (Lipinski definition) is 2. The first kappa shape index (κ1) is 20.1. The fourth-order valence-corrected chi connectivity index (χ4v) is 5.90. The van der Waals surface area contributed by atoms with Crippen LogP contribution in [0.25, 0.3) is 0 Å². The standard InChI is InChI=1S/C21H21ClF3N3O/c22-18-2-1-16(6-17(18)21(23,24)25)28-19(29)15(10-26)11-27-20-7-12-3-13(8-20)5-14(4-12)9-20/h1-2,6,11-14,27H,3-5,7-9H2,(H,28,29)/b15-11-. The highest BCUT2D eigenvalue weighted by atomic mass is 35.5. The summed E-state index contributed by atoms with van der Waals surface area (Å²) in [5, 5.41) is 14.7. The van der Waals surface area contributed by atoms with Gasteiger partial charge in [-0.3, -0.25) is 4.79 Å². The number of rotatable bonds is 4. The van der Waals surface area contributed by atoms with Crippen LogP contribution in [0.5, 0.6) is 0 Å². The number of carbonyl (C=O) groups is 1. The van der Waals surface area contributed by atoms with Gasteiger partial charge in [0.25, 0.3) is 5.91 Å². The van der Waals surface area contributed by atoms with E-state index in [1.165, 1.54) is 31.5 Å². The number of hydrogen-bond acceptors (Lipinski definition) is 3. The quantitative estimate of drug-likeness (QED) is 0.512. The summed E-state index contributed by atoms with van der Waals surface area (Å²) in [6.07, 6.45) is 3.75. The Kier molecular flexibility index (Phi) is 5.02. The molecule has 5 rings (SSSR count). The Hall–Kier alpha value is -2.20. The van der Waals surface area contributed by atoms with Crippen molar-refractivity contribution in [2.75, 3.05) is 5.32 Å². The lowest BCUT2D eigenvalue weighted by molar-refractivity contribution is -0.137. The molecule has 4 fully saturated rings. The van der Waals surface area contributed by atoms with Crippen molar-refractivity contribution in [3.63, 3.8) is 0 Å². The number of benzene rings is 1. The molecule has 4 aliphatic carbocycles. The highest BCUT2D eigenvalue weighted by Crippen LogP contribution is 2.55. The van der Waals surface area contributed by atoms with E-state index in [-0.39, 0.29) is 16.8 Å². The molecule has 0 atom stereocenters. The van der Waals surface area contributed by atoms with Crippen molar-refractivity contribution < 1.29 is 18.0 Å². The maximum Gasteiger partial charge on any atom is 0.417 e. The molecular weight excluding hydrogens is 403 g/mol. The summed E-state index contributed by atoms with van der Waals surface area (Å²) < 4.78 is 39.0. The first-order valence-corrected chi connectivity index (χ1v) is 10.1. The molecule has 0 spiro atoms. The van der Waals surface area contributed by atoms with E-state index >= 15 is 0 Å². The molecule has 1 amide bonds. The average molecular weight is 424 g/mol. The Bertz CT molecular complexity index is 868. The first-order valence-electron chi connectivity index (χ1n) is 9.73. The second-order valence-electron chi connectivity index (χ2n) is 8.66. The van der Waals surface area contributed by atoms with Gasteiger partial charge in [0.15, 0.2) is 0 Å². The molecule has 154 valence electrons. The summed E-state index contributed by atoms with van der Waals surface area (Å²) in [5.41, 5.74) is -1.33. The first-order chi connectivity index (χ1) is 13.7. The second-order valence-corrected chi connectivity index (χ2v) is 9.07. The van der Waals surface area contributed by atoms with Crippen LogP contribution in [0.15, 0.2) is 30.0 Å². The molecule has 0 unspecified atom stereocenters. The van der Waals surface area contributed by atoms with Crippen molar-refractivity contribution in [3.05, 3.63) is 40.6 Å². The number of carbonyl (C=O) groups excluding carboxylic acids is 1. The number of alkyl halides is 3. The SMILES string of the molecule is N#C/C(=C/NC12CC3CC(CC(C3)C1)C2)C(=O)Nc1ccc(Cl)c(C(F)(F)F)c1. The van der Waals surface area contributed by atoms with Crippen LogP contribution in [-0.2, 0) is 11.0 Å². The van der Waals surface area contributed by atoms with Gasteiger partial charge in [0, 0.05) is 17.4 Å². The van der Waals surface area contributed by atoms with Crippen LogP contribution >= 0.6 is 11.6 Å². The second kappa shape index (κ2) is 7.24. The van der Waals surface area contributed by atoms with Crippen LogP contribution in [-0.4, -0.2) is 11.4 Å². The van der Waals surface area contributed by atoms with Crippen molar-refractivity contribution in [3.8, 4) is 6.07 Å². The molecule has 0 heterocycles. The number of nitrogens with one attached hydrogen (secondary N) is 2. The van der Waals surface area contributed by atoms with Crippen molar-refractivity contribution >= 4 is 23.2 Å². The molecule has 0 saturated heterocycles. The van der Waals surface area contributed by atoms with Crippen LogP contribution in [0, 0.1) is 29.1 Å². The van der Waals surface area contributed by atoms with E-state index < -0.39 is 22.7 Å². The number of nitriles is 1. The summed E-state index contributed by atoms with van der Waals surface area (Å²) >= 11 is 5.60. The lowest BCUT2D eigenvalue weighted by atomic mass is 9.53. The Balaban J connectivity index is 1.47. The molecule has 4 bridgehead atoms. The van der Waals surface area contributed by atoms with E-state index in [0.29, 0.717) is 17.8 Å². The molecule has 1 aromatic carbocycles. The molecular formula is C21H21ClF3N3O. The van der Waals surface area contributed by atoms with Crippen LogP contribution in [0.2, 0.25) is 5.02 Å². The minimum absolute atomic E-state index is 0.0670. The predicted octanol–water partition coefficient (Wildman–Crippen LogP) is 5.26. The van der Waals surface area contributed by atoms with Gasteiger partial charge in [-0.2, -0.15) is 18.4 Å². The third kappa shape index (κ3) is 4.09. The van der Waals surface area contributed by atoms with Crippen molar-refractivity contribution in [2.45, 2.75) is 50.2 Å². The molecule has 0 aliphatic heterocycles. The Labute approximate surface area is 172 Å². The van der Waals surface area contributed by atoms with E-state index in [2.05, 4.69) is 10.6 Å². The number of amides is 1. The third-order valence-corrected chi connectivity index (χ3v) is 6.79. The summed E-state index contributed by atoms with van der Waals surface area (Å²) in [6, 6.07) is 4.96. The molecule has 4 aliphatic rings. The minimum Gasteiger partial charge on any atom is -0.384 e. The fourth-order valence-electron chi connectivity index (χ4n) is 5.68. The molecule has 29 heavy (non-hydrogen) atoms. The van der Waals surface area contributed by atoms with Gasteiger partial charge in [-0.25, -0.2) is 0 Å². The maximum atomic E-state index is 13.0. The zero-order chi connectivity index (χ0) is 20.8. The zero-order valence-electron chi connectivity index (χ0n) is 15.7. The lowest BCUT2D eigenvalue weighted by Gasteiger charge is -2.56. The fraction of sp³-hybridized carbons (Fsp3) is 0.524. The van der Waals surface area contributed by atoms with E-state index in [0.717, 1.165) is 31.4 Å². The highest BCUT2D eigenvalue weighted by molar-refractivity contribution is 6.31. The minimum atomic E-state index is -4.63. The van der Waals surface area contributed by atoms with E-state index in [1.54, 1.807) is 0 Å². The predicted molar refractivity (Wildman–Crippen MR) is 103 cm³/mol. The molecule has 0 aromatic heterocycles. The number of anilines is 1. The largest absolute Gasteiger partial charge is 0.417 e. The molecule has 1 aromatic rings. The van der Waals surface area contributed by atoms with Gasteiger partial charge in [0.1, 0.15) is 11.6 Å². The van der Waals surface area contributed by atoms with E-state index in [9.17, 15) is 23.2 Å². The van der Waals surface area contributed by atoms with Crippen molar-refractivity contribution in [2.24, 2.45) is 17.8 Å². The molecule has 2 N–H and O–H groups in total. The van der Waals surface area contributed by atoms with Gasteiger partial charge < -0.3 is 10.6 Å². The number of halogens is 4. The Morgan fingerprint density at radius 2 is 1.76 bits per heavy atom. The number of nitrogens with zero attached hydrogens (tertiary/aromatic N) is 1. The molecule has 4 saturated carbocycles. The maximum absolute atomic E-state index is 13.0. The molecule has 4 nitrogen and oxygen atoms in total. The van der Waals surface area contributed by atoms with Gasteiger partial charge in [-0.15, -0.1) is 0 Å². The summed E-state index contributed by atoms with van der Waals surface area (Å²) in [7, 11) is 0. The van der Waals surface area contributed by atoms with E-state index in [1.807, 2.05) is 6.07 Å². The topological polar surface area (TPSA) is 64.9 Å². The van der Waals surface area contributed by atoms with Gasteiger partial charge in [0.2, 0.25) is 0 Å². The third-order valence-electron chi connectivity index (χ3n) is 6.46. The average Bonchev–Trinajstić information content (AvgIpc) is 2.61. The summed E-state index contributed by atoms with van der Waals surface area (Å²) in [5.74, 6) is 1.37. The van der Waals surface area contributed by atoms with Gasteiger partial charge in [0.05, 0.1) is 10.6 Å². The molecule has 0 radical (unpaired) electrons. The van der Waals surface area contributed by atoms with Crippen molar-refractivity contribution in [1.29, 1.82) is 5.26 Å². The Morgan fingerprint density at radius 1 is 1.17 bits per heavy atom. The van der Waals surface area contributed by atoms with Crippen LogP contribution in [0.3, 0.4) is 0 Å². The highest BCUT2D eigenvalue weighted by Gasteiger charge is 2.50. The van der Waals surface area contributed by atoms with Crippen LogP contribution < -0.4 is 10.6 Å². The summed E-state index contributed by atoms with van der Waals surface area (Å²) in [4.78, 5) is 12.5. The monoisotopic (exact) mass is 423 g/mol. The summed E-state index contributed by atoms with van der Waals surface area (Å²) in [6.45, 7) is 0. The normalized spacial score (nSPS) is 30.7. The van der Waals surface area contributed by atoms with Gasteiger partial charge in [-0.05, 0) is 74.5 Å². The van der Waals surface area contributed by atoms with Gasteiger partial charge in [-0.1, -0.05) is 11.6 Å². The molecule has 8 heteroatoms. The smallest absolute Gasteiger partial charge is 0.384 e. The van der Waals surface area contributed by atoms with Crippen molar-refractivity contribution in [1.82, 2.24) is 5.32 Å². The van der Waals surface area contributed by atoms with Gasteiger partial charge >= 0.3 is 6.18 Å². The van der Waals surface area contributed by atoms with Crippen LogP contribution in [0.1, 0.15) is 44.1 Å². The zero-order valence-corrected chi connectivity index (χ0v) is 16.4. The van der Waals surface area contributed by atoms with E-state index in [4.69, 9.17) is 11.6 Å². The lowest BCUT2D eigenvalue weighted by Crippen LogP contribution is -2.57. The van der Waals surface area contributed by atoms with Crippen LogP contribution in [0.4, 0.5) is 18.9 Å². The Morgan fingerprint density at radius 3 is 2.28 bits per heavy atom.